The van der Waals surface area contributed by atoms with Gasteiger partial charge in [-0.2, -0.15) is 8.42 Å². The minimum absolute atomic E-state index is 0.0368. The van der Waals surface area contributed by atoms with Gasteiger partial charge in [-0.1, -0.05) is 32.6 Å². The van der Waals surface area contributed by atoms with Crippen LogP contribution in [0.4, 0.5) is 0 Å². The quantitative estimate of drug-likeness (QED) is 0.323. The zero-order valence-electron chi connectivity index (χ0n) is 10.0. The van der Waals surface area contributed by atoms with Crippen molar-refractivity contribution < 1.29 is 27.3 Å². The molecular weight excluding hydrogens is 248 g/mol. The van der Waals surface area contributed by atoms with Crippen LogP contribution in [-0.2, 0) is 24.4 Å². The number of hydrogen-bond acceptors (Lipinski definition) is 5. The van der Waals surface area contributed by atoms with Gasteiger partial charge in [-0.3, -0.25) is 14.1 Å². The summed E-state index contributed by atoms with van der Waals surface area (Å²) in [6.07, 6.45) is 3.08. The Morgan fingerprint density at radius 1 is 1.24 bits per heavy atom. The summed E-state index contributed by atoms with van der Waals surface area (Å²) in [6.45, 7) is 2.99. The van der Waals surface area contributed by atoms with Gasteiger partial charge in [0.15, 0.2) is 5.25 Å². The summed E-state index contributed by atoms with van der Waals surface area (Å²) < 4.78 is 35.0. The van der Waals surface area contributed by atoms with Crippen LogP contribution >= 0.6 is 0 Å². The first-order chi connectivity index (χ1) is 7.79. The van der Waals surface area contributed by atoms with Gasteiger partial charge in [0.25, 0.3) is 10.1 Å². The normalized spacial score (nSPS) is 13.1. The summed E-state index contributed by atoms with van der Waals surface area (Å²) in [5.41, 5.74) is 0. The van der Waals surface area contributed by atoms with Gasteiger partial charge in [0.1, 0.15) is 0 Å². The Bertz CT molecular complexity index is 359. The lowest BCUT2D eigenvalue weighted by molar-refractivity contribution is -0.157. The SMILES string of the molecule is CCCCCCC(C(=O)OC(C)=O)S(=O)(=O)O. The van der Waals surface area contributed by atoms with E-state index in [9.17, 15) is 18.0 Å². The summed E-state index contributed by atoms with van der Waals surface area (Å²) >= 11 is 0. The second kappa shape index (κ2) is 7.39. The van der Waals surface area contributed by atoms with Gasteiger partial charge < -0.3 is 4.74 Å². The molecule has 0 aliphatic heterocycles. The van der Waals surface area contributed by atoms with Gasteiger partial charge in [-0.15, -0.1) is 0 Å². The largest absolute Gasteiger partial charge is 0.392 e. The van der Waals surface area contributed by atoms with Gasteiger partial charge >= 0.3 is 11.9 Å². The van der Waals surface area contributed by atoms with Crippen LogP contribution < -0.4 is 0 Å². The molecule has 1 N–H and O–H groups in total. The van der Waals surface area contributed by atoms with Gasteiger partial charge in [0.05, 0.1) is 0 Å². The van der Waals surface area contributed by atoms with Crippen LogP contribution in [0.15, 0.2) is 0 Å². The van der Waals surface area contributed by atoms with E-state index in [0.717, 1.165) is 26.2 Å². The molecule has 0 radical (unpaired) electrons. The molecule has 0 aromatic rings. The van der Waals surface area contributed by atoms with E-state index in [1.165, 1.54) is 0 Å². The van der Waals surface area contributed by atoms with Gasteiger partial charge in [0, 0.05) is 6.92 Å². The highest BCUT2D eigenvalue weighted by Gasteiger charge is 2.32. The fraction of sp³-hybridized carbons (Fsp3) is 0.800. The maximum atomic E-state index is 11.3. The molecule has 6 nitrogen and oxygen atoms in total. The summed E-state index contributed by atoms with van der Waals surface area (Å²) in [4.78, 5) is 21.8. The lowest BCUT2D eigenvalue weighted by Crippen LogP contribution is -2.32. The molecule has 0 aromatic heterocycles. The fourth-order valence-corrected chi connectivity index (χ4v) is 2.11. The molecule has 0 aromatic carbocycles. The lowest BCUT2D eigenvalue weighted by atomic mass is 10.1. The maximum absolute atomic E-state index is 11.3. The molecule has 0 aliphatic rings. The first-order valence-corrected chi connectivity index (χ1v) is 6.98. The smallest absolute Gasteiger partial charge is 0.334 e. The molecule has 0 bridgehead atoms. The number of esters is 2. The molecule has 0 aliphatic carbocycles. The Kier molecular flexibility index (Phi) is 6.98. The minimum Gasteiger partial charge on any atom is -0.392 e. The standard InChI is InChI=1S/C10H18O6S/c1-3-4-5-6-7-9(17(13,14)15)10(12)16-8(2)11/h9H,3-7H2,1-2H3,(H,13,14,15). The summed E-state index contributed by atoms with van der Waals surface area (Å²) in [6, 6.07) is 0. The molecule has 0 amide bonds. The molecule has 0 rings (SSSR count). The Morgan fingerprint density at radius 3 is 2.24 bits per heavy atom. The number of carbonyl (C=O) groups is 2. The van der Waals surface area contributed by atoms with Crippen molar-refractivity contribution in [2.24, 2.45) is 0 Å². The predicted molar refractivity (Wildman–Crippen MR) is 60.9 cm³/mol. The van der Waals surface area contributed by atoms with E-state index in [1.54, 1.807) is 0 Å². The van der Waals surface area contributed by atoms with Crippen LogP contribution in [0, 0.1) is 0 Å². The van der Waals surface area contributed by atoms with Gasteiger partial charge in [-0.05, 0) is 6.42 Å². The fourth-order valence-electron chi connectivity index (χ4n) is 1.35. The average Bonchev–Trinajstić information content (AvgIpc) is 2.14. The molecule has 0 spiro atoms. The highest BCUT2D eigenvalue weighted by Crippen LogP contribution is 2.13. The molecule has 100 valence electrons. The van der Waals surface area contributed by atoms with Crippen molar-refractivity contribution in [3.8, 4) is 0 Å². The third kappa shape index (κ3) is 7.06. The van der Waals surface area contributed by atoms with E-state index in [2.05, 4.69) is 4.74 Å². The Labute approximate surface area is 101 Å². The van der Waals surface area contributed by atoms with Crippen molar-refractivity contribution in [1.29, 1.82) is 0 Å². The van der Waals surface area contributed by atoms with Crippen molar-refractivity contribution in [3.05, 3.63) is 0 Å². The zero-order chi connectivity index (χ0) is 13.5. The number of unbranched alkanes of at least 4 members (excludes halogenated alkanes) is 3. The molecule has 0 fully saturated rings. The summed E-state index contributed by atoms with van der Waals surface area (Å²) in [5.74, 6) is -2.10. The highest BCUT2D eigenvalue weighted by atomic mass is 32.2. The molecule has 1 atom stereocenters. The lowest BCUT2D eigenvalue weighted by Gasteiger charge is -2.11. The predicted octanol–water partition coefficient (Wildman–Crippen LogP) is 1.30. The van der Waals surface area contributed by atoms with Crippen LogP contribution in [-0.4, -0.2) is 30.2 Å². The zero-order valence-corrected chi connectivity index (χ0v) is 10.8. The Hall–Kier alpha value is -0.950. The van der Waals surface area contributed by atoms with Crippen LogP contribution in [0.1, 0.15) is 46.0 Å². The van der Waals surface area contributed by atoms with Crippen LogP contribution in [0.25, 0.3) is 0 Å². The van der Waals surface area contributed by atoms with E-state index in [-0.39, 0.29) is 6.42 Å². The molecule has 0 heterocycles. The first kappa shape index (κ1) is 16.1. The average molecular weight is 266 g/mol. The number of ether oxygens (including phenoxy) is 1. The number of carbonyl (C=O) groups excluding carboxylic acids is 2. The minimum atomic E-state index is -4.52. The number of hydrogen-bond donors (Lipinski definition) is 1. The molecule has 0 saturated carbocycles. The van der Waals surface area contributed by atoms with Crippen molar-refractivity contribution in [2.75, 3.05) is 0 Å². The molecular formula is C10H18O6S. The second-order valence-corrected chi connectivity index (χ2v) is 5.36. The van der Waals surface area contributed by atoms with E-state index in [1.807, 2.05) is 6.92 Å². The van der Waals surface area contributed by atoms with E-state index < -0.39 is 27.3 Å². The topological polar surface area (TPSA) is 97.7 Å². The Morgan fingerprint density at radius 2 is 1.82 bits per heavy atom. The van der Waals surface area contributed by atoms with Crippen LogP contribution in [0.3, 0.4) is 0 Å². The summed E-state index contributed by atoms with van der Waals surface area (Å²) in [5, 5.41) is -1.66. The van der Waals surface area contributed by atoms with Crippen LogP contribution in [0.2, 0.25) is 0 Å². The highest BCUT2D eigenvalue weighted by molar-refractivity contribution is 7.87. The monoisotopic (exact) mass is 266 g/mol. The van der Waals surface area contributed by atoms with E-state index in [4.69, 9.17) is 4.55 Å². The van der Waals surface area contributed by atoms with Crippen molar-refractivity contribution in [3.63, 3.8) is 0 Å². The van der Waals surface area contributed by atoms with E-state index in [0.29, 0.717) is 6.42 Å². The third-order valence-electron chi connectivity index (χ3n) is 2.19. The summed E-state index contributed by atoms with van der Waals surface area (Å²) in [7, 11) is -4.52. The molecule has 0 saturated heterocycles. The van der Waals surface area contributed by atoms with E-state index >= 15 is 0 Å². The Balaban J connectivity index is 4.45. The maximum Gasteiger partial charge on any atom is 0.334 e. The molecule has 1 unspecified atom stereocenters. The first-order valence-electron chi connectivity index (χ1n) is 5.47. The van der Waals surface area contributed by atoms with Gasteiger partial charge in [-0.25, -0.2) is 0 Å². The molecule has 17 heavy (non-hydrogen) atoms. The number of rotatable bonds is 7. The third-order valence-corrected chi connectivity index (χ3v) is 3.33. The van der Waals surface area contributed by atoms with Crippen molar-refractivity contribution in [2.45, 2.75) is 51.2 Å². The van der Waals surface area contributed by atoms with Crippen LogP contribution in [0.5, 0.6) is 0 Å². The second-order valence-electron chi connectivity index (χ2n) is 3.77. The van der Waals surface area contributed by atoms with Gasteiger partial charge in [0.2, 0.25) is 0 Å². The van der Waals surface area contributed by atoms with Crippen molar-refractivity contribution >= 4 is 22.1 Å². The van der Waals surface area contributed by atoms with Crippen molar-refractivity contribution in [1.82, 2.24) is 0 Å². The molecule has 7 heteroatoms.